The number of rotatable bonds is 2. The van der Waals surface area contributed by atoms with E-state index >= 15 is 0 Å². The molecule has 1 aromatic rings. The van der Waals surface area contributed by atoms with Gasteiger partial charge >= 0.3 is 0 Å². The lowest BCUT2D eigenvalue weighted by Crippen LogP contribution is -2.13. The molecule has 1 aliphatic carbocycles. The van der Waals surface area contributed by atoms with Gasteiger partial charge in [0.25, 0.3) is 0 Å². The fraction of sp³-hybridized carbons (Fsp3) is 0.353. The van der Waals surface area contributed by atoms with Crippen LogP contribution in [0, 0.1) is 0 Å². The molecule has 21 heavy (non-hydrogen) atoms. The molecule has 0 unspecified atom stereocenters. The predicted molar refractivity (Wildman–Crippen MR) is 91.8 cm³/mol. The van der Waals surface area contributed by atoms with Crippen molar-refractivity contribution in [3.8, 4) is 5.75 Å². The fourth-order valence-corrected chi connectivity index (χ4v) is 5.20. The van der Waals surface area contributed by atoms with Gasteiger partial charge in [-0.25, -0.2) is 0 Å². The minimum atomic E-state index is 0.258. The van der Waals surface area contributed by atoms with Crippen LogP contribution in [-0.4, -0.2) is 24.4 Å². The van der Waals surface area contributed by atoms with Crippen molar-refractivity contribution in [3.05, 3.63) is 45.2 Å². The van der Waals surface area contributed by atoms with Crippen LogP contribution >= 0.6 is 23.5 Å². The van der Waals surface area contributed by atoms with Crippen LogP contribution in [0.3, 0.4) is 0 Å². The molecule has 0 atom stereocenters. The molecule has 0 radical (unpaired) electrons. The summed E-state index contributed by atoms with van der Waals surface area (Å²) in [6.07, 6.45) is 4.94. The minimum Gasteiger partial charge on any atom is -0.497 e. The molecule has 3 rings (SSSR count). The summed E-state index contributed by atoms with van der Waals surface area (Å²) in [5, 5.41) is 0. The number of allylic oxidation sites excluding steroid dienone is 2. The third-order valence-electron chi connectivity index (χ3n) is 3.69. The van der Waals surface area contributed by atoms with Gasteiger partial charge in [0.2, 0.25) is 0 Å². The van der Waals surface area contributed by atoms with Gasteiger partial charge in [-0.15, -0.1) is 23.5 Å². The second kappa shape index (κ2) is 6.75. The van der Waals surface area contributed by atoms with Crippen molar-refractivity contribution in [1.82, 2.24) is 0 Å². The number of hydrogen-bond donors (Lipinski definition) is 0. The van der Waals surface area contributed by atoms with Crippen LogP contribution in [0.5, 0.6) is 5.75 Å². The Bertz CT molecular complexity index is 592. The van der Waals surface area contributed by atoms with Crippen molar-refractivity contribution >= 4 is 35.4 Å². The quantitative estimate of drug-likeness (QED) is 0.749. The van der Waals surface area contributed by atoms with Gasteiger partial charge in [0.05, 0.1) is 7.11 Å². The Balaban J connectivity index is 1.85. The normalized spacial score (nSPS) is 21.2. The summed E-state index contributed by atoms with van der Waals surface area (Å²) in [5.74, 6) is 3.37. The molecular weight excluding hydrogens is 300 g/mol. The highest BCUT2D eigenvalue weighted by Gasteiger charge is 2.25. The third-order valence-corrected chi connectivity index (χ3v) is 6.49. The summed E-state index contributed by atoms with van der Waals surface area (Å²) >= 11 is 3.69. The topological polar surface area (TPSA) is 26.3 Å². The van der Waals surface area contributed by atoms with E-state index < -0.39 is 0 Å². The number of hydrogen-bond acceptors (Lipinski definition) is 4. The minimum absolute atomic E-state index is 0.258. The van der Waals surface area contributed by atoms with Gasteiger partial charge in [-0.3, -0.25) is 4.79 Å². The number of methoxy groups -OCH3 is 1. The number of thioether (sulfide) groups is 2. The van der Waals surface area contributed by atoms with E-state index in [2.05, 4.69) is 0 Å². The van der Waals surface area contributed by atoms with Crippen molar-refractivity contribution in [3.63, 3.8) is 0 Å². The largest absolute Gasteiger partial charge is 0.497 e. The van der Waals surface area contributed by atoms with Crippen LogP contribution in [-0.2, 0) is 4.79 Å². The van der Waals surface area contributed by atoms with Gasteiger partial charge in [0.1, 0.15) is 5.75 Å². The highest BCUT2D eigenvalue weighted by molar-refractivity contribution is 8.25. The molecule has 1 aromatic carbocycles. The average molecular weight is 318 g/mol. The van der Waals surface area contributed by atoms with Gasteiger partial charge in [0.15, 0.2) is 5.78 Å². The van der Waals surface area contributed by atoms with Gasteiger partial charge in [-0.05, 0) is 43.0 Å². The van der Waals surface area contributed by atoms with Gasteiger partial charge < -0.3 is 4.74 Å². The first-order chi connectivity index (χ1) is 10.3. The molecule has 2 aliphatic rings. The SMILES string of the molecule is COc1ccc(C=C2CCCC(=C3SCCS3)C2=O)cc1. The predicted octanol–water partition coefficient (Wildman–Crippen LogP) is 4.52. The zero-order chi connectivity index (χ0) is 14.7. The lowest BCUT2D eigenvalue weighted by Gasteiger charge is -2.18. The Kier molecular flexibility index (Phi) is 4.76. The van der Waals surface area contributed by atoms with Gasteiger partial charge in [-0.2, -0.15) is 0 Å². The maximum atomic E-state index is 12.7. The van der Waals surface area contributed by atoms with Crippen LogP contribution in [0.2, 0.25) is 0 Å². The number of carbonyl (C=O) groups excluding carboxylic acids is 1. The van der Waals surface area contributed by atoms with Crippen LogP contribution < -0.4 is 4.74 Å². The molecule has 0 amide bonds. The second-order valence-corrected chi connectivity index (χ2v) is 7.56. The highest BCUT2D eigenvalue weighted by atomic mass is 32.2. The highest BCUT2D eigenvalue weighted by Crippen LogP contribution is 2.42. The zero-order valence-corrected chi connectivity index (χ0v) is 13.7. The Morgan fingerprint density at radius 3 is 2.48 bits per heavy atom. The molecule has 2 fully saturated rings. The van der Waals surface area contributed by atoms with E-state index in [0.29, 0.717) is 0 Å². The molecule has 4 heteroatoms. The number of benzene rings is 1. The van der Waals surface area contributed by atoms with Crippen molar-refractivity contribution in [1.29, 1.82) is 0 Å². The van der Waals surface area contributed by atoms with E-state index in [1.54, 1.807) is 7.11 Å². The van der Waals surface area contributed by atoms with Crippen LogP contribution in [0.1, 0.15) is 24.8 Å². The van der Waals surface area contributed by atoms with Crippen LogP contribution in [0.15, 0.2) is 39.6 Å². The Morgan fingerprint density at radius 1 is 1.10 bits per heavy atom. The van der Waals surface area contributed by atoms with E-state index in [0.717, 1.165) is 53.2 Å². The molecule has 0 aromatic heterocycles. The average Bonchev–Trinajstić information content (AvgIpc) is 3.04. The van der Waals surface area contributed by atoms with E-state index in [9.17, 15) is 4.79 Å². The Labute approximate surface area is 134 Å². The maximum Gasteiger partial charge on any atom is 0.186 e. The summed E-state index contributed by atoms with van der Waals surface area (Å²) in [6, 6.07) is 7.86. The molecule has 110 valence electrons. The summed E-state index contributed by atoms with van der Waals surface area (Å²) in [4.78, 5) is 12.7. The molecule has 1 saturated carbocycles. The number of ketones is 1. The van der Waals surface area contributed by atoms with Crippen molar-refractivity contribution in [2.45, 2.75) is 19.3 Å². The van der Waals surface area contributed by atoms with Crippen molar-refractivity contribution in [2.75, 3.05) is 18.6 Å². The van der Waals surface area contributed by atoms with Gasteiger partial charge in [-0.1, -0.05) is 12.1 Å². The molecule has 0 spiro atoms. The van der Waals surface area contributed by atoms with Crippen LogP contribution in [0.4, 0.5) is 0 Å². The number of carbonyl (C=O) groups is 1. The first-order valence-electron chi connectivity index (χ1n) is 7.16. The summed E-state index contributed by atoms with van der Waals surface area (Å²) in [7, 11) is 1.66. The molecule has 1 saturated heterocycles. The monoisotopic (exact) mass is 318 g/mol. The Morgan fingerprint density at radius 2 is 1.81 bits per heavy atom. The molecule has 2 nitrogen and oxygen atoms in total. The first kappa shape index (κ1) is 14.8. The molecule has 1 aliphatic heterocycles. The van der Waals surface area contributed by atoms with Crippen LogP contribution in [0.25, 0.3) is 6.08 Å². The lowest BCUT2D eigenvalue weighted by atomic mass is 9.88. The third kappa shape index (κ3) is 3.38. The van der Waals surface area contributed by atoms with Crippen molar-refractivity contribution in [2.24, 2.45) is 0 Å². The van der Waals surface area contributed by atoms with E-state index in [4.69, 9.17) is 4.74 Å². The number of ether oxygens (including phenoxy) is 1. The van der Waals surface area contributed by atoms with E-state index in [-0.39, 0.29) is 5.78 Å². The summed E-state index contributed by atoms with van der Waals surface area (Å²) < 4.78 is 6.43. The maximum absolute atomic E-state index is 12.7. The molecule has 1 heterocycles. The van der Waals surface area contributed by atoms with Gasteiger partial charge in [0, 0.05) is 26.9 Å². The summed E-state index contributed by atoms with van der Waals surface area (Å²) in [5.41, 5.74) is 3.06. The lowest BCUT2D eigenvalue weighted by molar-refractivity contribution is -0.112. The first-order valence-corrected chi connectivity index (χ1v) is 9.13. The molecule has 0 N–H and O–H groups in total. The standard InChI is InChI=1S/C17H18O2S2/c1-19-14-7-5-12(6-8-14)11-13-3-2-4-15(16(13)18)17-20-9-10-21-17/h5-8,11H,2-4,9-10H2,1H3. The second-order valence-electron chi connectivity index (χ2n) is 5.09. The number of Topliss-reactive ketones (excluding diaryl/α,β-unsaturated/α-hetero) is 1. The Hall–Kier alpha value is -1.13. The zero-order valence-electron chi connectivity index (χ0n) is 12.1. The molecule has 0 bridgehead atoms. The fourth-order valence-electron chi connectivity index (χ4n) is 2.59. The van der Waals surface area contributed by atoms with E-state index in [1.807, 2.05) is 53.9 Å². The van der Waals surface area contributed by atoms with Crippen molar-refractivity contribution < 1.29 is 9.53 Å². The van der Waals surface area contributed by atoms with E-state index in [1.165, 1.54) is 4.24 Å². The smallest absolute Gasteiger partial charge is 0.186 e. The summed E-state index contributed by atoms with van der Waals surface area (Å²) in [6.45, 7) is 0. The molecular formula is C17H18O2S2.